The average Bonchev–Trinajstić information content (AvgIpc) is 1.77. The maximum atomic E-state index is 3.50. The van der Waals surface area contributed by atoms with Crippen LogP contribution >= 0.6 is 15.9 Å². The SMILES string of the molecule is CN1C[CH]NCC1Br. The fourth-order valence-electron chi connectivity index (χ4n) is 0.659. The first kappa shape index (κ1) is 6.52. The molecule has 0 bridgehead atoms. The monoisotopic (exact) mass is 177 g/mol. The lowest BCUT2D eigenvalue weighted by atomic mass is 10.4. The number of hydrogen-bond acceptors (Lipinski definition) is 2. The van der Waals surface area contributed by atoms with E-state index in [0.717, 1.165) is 13.1 Å². The number of nitrogens with zero attached hydrogens (tertiary/aromatic N) is 1. The number of piperazine rings is 1. The summed E-state index contributed by atoms with van der Waals surface area (Å²) >= 11 is 3.50. The number of likely N-dealkylation sites (N-methyl/N-ethyl adjacent to an activating group) is 1. The van der Waals surface area contributed by atoms with Gasteiger partial charge in [-0.2, -0.15) is 0 Å². The van der Waals surface area contributed by atoms with Crippen LogP contribution in [0.3, 0.4) is 0 Å². The van der Waals surface area contributed by atoms with Gasteiger partial charge in [-0.25, -0.2) is 0 Å². The molecule has 1 aliphatic heterocycles. The van der Waals surface area contributed by atoms with Crippen LogP contribution in [0.25, 0.3) is 0 Å². The predicted octanol–water partition coefficient (Wildman–Crippen LogP) is 0.404. The molecule has 47 valence electrons. The standard InChI is InChI=1S/C5H10BrN2/c1-8-3-2-7-4-5(8)6/h2,5,7H,3-4H2,1H3. The lowest BCUT2D eigenvalue weighted by Crippen LogP contribution is -2.43. The van der Waals surface area contributed by atoms with E-state index in [-0.39, 0.29) is 0 Å². The van der Waals surface area contributed by atoms with Crippen molar-refractivity contribution < 1.29 is 0 Å². The van der Waals surface area contributed by atoms with Crippen molar-refractivity contribution in [3.05, 3.63) is 6.54 Å². The molecule has 0 aromatic heterocycles. The molecule has 0 aliphatic carbocycles. The van der Waals surface area contributed by atoms with Gasteiger partial charge in [0.05, 0.1) is 4.95 Å². The van der Waals surface area contributed by atoms with Crippen molar-refractivity contribution in [1.29, 1.82) is 0 Å². The highest BCUT2D eigenvalue weighted by atomic mass is 79.9. The first-order chi connectivity index (χ1) is 3.80. The van der Waals surface area contributed by atoms with E-state index < -0.39 is 0 Å². The Morgan fingerprint density at radius 1 is 1.88 bits per heavy atom. The zero-order chi connectivity index (χ0) is 5.98. The highest BCUT2D eigenvalue weighted by Crippen LogP contribution is 2.06. The molecule has 0 spiro atoms. The molecule has 0 aromatic rings. The minimum atomic E-state index is 0.507. The molecule has 1 fully saturated rings. The number of alkyl halides is 1. The minimum absolute atomic E-state index is 0.507. The molecule has 0 amide bonds. The first-order valence-corrected chi connectivity index (χ1v) is 3.61. The third kappa shape index (κ3) is 1.44. The zero-order valence-corrected chi connectivity index (χ0v) is 6.48. The van der Waals surface area contributed by atoms with Crippen LogP contribution in [-0.4, -0.2) is 30.0 Å². The highest BCUT2D eigenvalue weighted by Gasteiger charge is 2.13. The summed E-state index contributed by atoms with van der Waals surface area (Å²) in [5.74, 6) is 0. The topological polar surface area (TPSA) is 15.3 Å². The van der Waals surface area contributed by atoms with Crippen LogP contribution in [0.15, 0.2) is 0 Å². The molecule has 1 heterocycles. The molecule has 1 rings (SSSR count). The molecule has 1 radical (unpaired) electrons. The largest absolute Gasteiger partial charge is 0.309 e. The summed E-state index contributed by atoms with van der Waals surface area (Å²) in [4.78, 5) is 2.74. The fraction of sp³-hybridized carbons (Fsp3) is 0.800. The van der Waals surface area contributed by atoms with E-state index in [1.54, 1.807) is 0 Å². The van der Waals surface area contributed by atoms with E-state index >= 15 is 0 Å². The third-order valence-electron chi connectivity index (χ3n) is 1.29. The van der Waals surface area contributed by atoms with Gasteiger partial charge in [0.2, 0.25) is 0 Å². The molecule has 1 atom stereocenters. The molecule has 1 saturated heterocycles. The van der Waals surface area contributed by atoms with Gasteiger partial charge in [0, 0.05) is 19.6 Å². The summed E-state index contributed by atoms with van der Waals surface area (Å²) in [5.41, 5.74) is 0. The summed E-state index contributed by atoms with van der Waals surface area (Å²) in [5, 5.41) is 3.15. The van der Waals surface area contributed by atoms with E-state index in [2.05, 4.69) is 39.7 Å². The molecule has 1 aliphatic rings. The average molecular weight is 178 g/mol. The maximum Gasteiger partial charge on any atom is 0.0780 e. The van der Waals surface area contributed by atoms with Crippen LogP contribution in [0.4, 0.5) is 0 Å². The van der Waals surface area contributed by atoms with Gasteiger partial charge in [-0.1, -0.05) is 15.9 Å². The molecule has 3 heteroatoms. The highest BCUT2D eigenvalue weighted by molar-refractivity contribution is 9.09. The first-order valence-electron chi connectivity index (χ1n) is 2.70. The number of nitrogens with one attached hydrogen (secondary N) is 1. The fourth-order valence-corrected chi connectivity index (χ4v) is 1.01. The van der Waals surface area contributed by atoms with Crippen LogP contribution in [-0.2, 0) is 0 Å². The number of hydrogen-bond donors (Lipinski definition) is 1. The Bertz CT molecular complexity index is 66.8. The van der Waals surface area contributed by atoms with Crippen molar-refractivity contribution in [2.75, 3.05) is 20.1 Å². The van der Waals surface area contributed by atoms with Crippen LogP contribution in [0, 0.1) is 6.54 Å². The lowest BCUT2D eigenvalue weighted by Gasteiger charge is -2.27. The van der Waals surface area contributed by atoms with Gasteiger partial charge in [-0.3, -0.25) is 4.90 Å². The second-order valence-corrected chi connectivity index (χ2v) is 3.04. The second kappa shape index (κ2) is 2.80. The van der Waals surface area contributed by atoms with Gasteiger partial charge in [0.15, 0.2) is 0 Å². The van der Waals surface area contributed by atoms with Crippen molar-refractivity contribution in [3.8, 4) is 0 Å². The Kier molecular flexibility index (Phi) is 2.28. The molecule has 1 unspecified atom stereocenters. The normalized spacial score (nSPS) is 33.0. The smallest absolute Gasteiger partial charge is 0.0780 e. The Labute approximate surface area is 58.4 Å². The van der Waals surface area contributed by atoms with Gasteiger partial charge in [-0.05, 0) is 7.05 Å². The van der Waals surface area contributed by atoms with E-state index in [1.165, 1.54) is 0 Å². The molecule has 2 nitrogen and oxygen atoms in total. The summed E-state index contributed by atoms with van der Waals surface area (Å²) < 4.78 is 0. The van der Waals surface area contributed by atoms with Crippen LogP contribution in [0.2, 0.25) is 0 Å². The van der Waals surface area contributed by atoms with Crippen molar-refractivity contribution in [2.24, 2.45) is 0 Å². The van der Waals surface area contributed by atoms with Crippen LogP contribution < -0.4 is 5.32 Å². The minimum Gasteiger partial charge on any atom is -0.309 e. The predicted molar refractivity (Wildman–Crippen MR) is 37.6 cm³/mol. The number of rotatable bonds is 0. The van der Waals surface area contributed by atoms with E-state index in [4.69, 9.17) is 0 Å². The lowest BCUT2D eigenvalue weighted by molar-refractivity contribution is 0.297. The van der Waals surface area contributed by atoms with Crippen molar-refractivity contribution >= 4 is 15.9 Å². The van der Waals surface area contributed by atoms with Crippen molar-refractivity contribution in [2.45, 2.75) is 4.95 Å². The zero-order valence-electron chi connectivity index (χ0n) is 4.89. The molecular weight excluding hydrogens is 168 g/mol. The molecule has 8 heavy (non-hydrogen) atoms. The molecular formula is C5H10BrN2. The van der Waals surface area contributed by atoms with Crippen LogP contribution in [0.5, 0.6) is 0 Å². The summed E-state index contributed by atoms with van der Waals surface area (Å²) in [7, 11) is 2.09. The summed E-state index contributed by atoms with van der Waals surface area (Å²) in [6, 6.07) is 0. The molecule has 1 N–H and O–H groups in total. The maximum absolute atomic E-state index is 3.50. The second-order valence-electron chi connectivity index (χ2n) is 1.99. The van der Waals surface area contributed by atoms with Crippen molar-refractivity contribution in [1.82, 2.24) is 10.2 Å². The van der Waals surface area contributed by atoms with Crippen molar-refractivity contribution in [3.63, 3.8) is 0 Å². The Morgan fingerprint density at radius 2 is 2.62 bits per heavy atom. The van der Waals surface area contributed by atoms with Gasteiger partial charge in [0.25, 0.3) is 0 Å². The van der Waals surface area contributed by atoms with Gasteiger partial charge in [0.1, 0.15) is 0 Å². The Balaban J connectivity index is 2.28. The van der Waals surface area contributed by atoms with Gasteiger partial charge >= 0.3 is 0 Å². The van der Waals surface area contributed by atoms with E-state index in [1.807, 2.05) is 0 Å². The molecule has 0 saturated carbocycles. The Hall–Kier alpha value is 0.400. The van der Waals surface area contributed by atoms with Gasteiger partial charge in [-0.15, -0.1) is 0 Å². The summed E-state index contributed by atoms with van der Waals surface area (Å²) in [6.07, 6.45) is 0. The number of halogens is 1. The van der Waals surface area contributed by atoms with E-state index in [9.17, 15) is 0 Å². The third-order valence-corrected chi connectivity index (χ3v) is 2.31. The van der Waals surface area contributed by atoms with Gasteiger partial charge < -0.3 is 5.32 Å². The Morgan fingerprint density at radius 3 is 3.00 bits per heavy atom. The van der Waals surface area contributed by atoms with Crippen LogP contribution in [0.1, 0.15) is 0 Å². The molecule has 0 aromatic carbocycles. The quantitative estimate of drug-likeness (QED) is 0.426. The summed E-state index contributed by atoms with van der Waals surface area (Å²) in [6.45, 7) is 4.10. The van der Waals surface area contributed by atoms with E-state index in [0.29, 0.717) is 4.95 Å².